The summed E-state index contributed by atoms with van der Waals surface area (Å²) >= 11 is 0. The number of aromatic nitrogens is 2. The molecule has 2 aliphatic rings. The molecule has 2 aliphatic heterocycles. The zero-order chi connectivity index (χ0) is 17.4. The largest absolute Gasteiger partial charge is 0.417 e. The number of rotatable bonds is 2. The molecule has 126 valence electrons. The van der Waals surface area contributed by atoms with Crippen LogP contribution in [0.2, 0.25) is 0 Å². The summed E-state index contributed by atoms with van der Waals surface area (Å²) < 4.78 is 39.7. The summed E-state index contributed by atoms with van der Waals surface area (Å²) in [5.41, 5.74) is -0.364. The van der Waals surface area contributed by atoms with E-state index < -0.39 is 11.7 Å². The molecule has 25 heavy (non-hydrogen) atoms. The number of hydrogen-bond acceptors (Lipinski definition) is 5. The second-order valence-corrected chi connectivity index (χ2v) is 5.41. The molecular weight excluding hydrogens is 331 g/mol. The van der Waals surface area contributed by atoms with Crippen LogP contribution >= 0.6 is 0 Å². The van der Waals surface area contributed by atoms with Gasteiger partial charge in [0.2, 0.25) is 0 Å². The van der Waals surface area contributed by atoms with Crippen LogP contribution in [0, 0.1) is 0 Å². The molecular formula is C17H12F3N5. The van der Waals surface area contributed by atoms with Crippen LogP contribution in [0.1, 0.15) is 11.1 Å². The minimum atomic E-state index is -4.43. The highest BCUT2D eigenvalue weighted by molar-refractivity contribution is 6.10. The maximum atomic E-state index is 13.2. The third kappa shape index (κ3) is 2.75. The van der Waals surface area contributed by atoms with E-state index in [2.05, 4.69) is 15.0 Å². The summed E-state index contributed by atoms with van der Waals surface area (Å²) in [5, 5.41) is 3.57. The lowest BCUT2D eigenvalue weighted by Gasteiger charge is -2.30. The van der Waals surface area contributed by atoms with Crippen molar-refractivity contribution in [2.75, 3.05) is 11.6 Å². The number of fused-ring (bicyclic) bond motifs is 1. The number of hydrogen-bond donors (Lipinski definition) is 0. The molecule has 5 nitrogen and oxygen atoms in total. The highest BCUT2D eigenvalue weighted by atomic mass is 19.4. The van der Waals surface area contributed by atoms with Gasteiger partial charge in [-0.05, 0) is 18.2 Å². The van der Waals surface area contributed by atoms with E-state index in [9.17, 15) is 13.2 Å². The van der Waals surface area contributed by atoms with Crippen LogP contribution in [-0.4, -0.2) is 27.2 Å². The maximum absolute atomic E-state index is 13.2. The minimum Gasteiger partial charge on any atom is -0.259 e. The smallest absolute Gasteiger partial charge is 0.259 e. The topological polar surface area (TPSA) is 44.6 Å². The van der Waals surface area contributed by atoms with Gasteiger partial charge in [-0.25, -0.2) is 15.0 Å². The Balaban J connectivity index is 1.67. The SMILES string of the molecule is FC(F)(F)c1ccccc1C1=NC2=CCN(c3cnccn3)N2C=C1. The molecule has 1 aromatic heterocycles. The monoisotopic (exact) mass is 343 g/mol. The van der Waals surface area contributed by atoms with E-state index in [1.54, 1.807) is 41.9 Å². The average molecular weight is 343 g/mol. The van der Waals surface area contributed by atoms with E-state index in [0.717, 1.165) is 6.07 Å². The van der Waals surface area contributed by atoms with Crippen molar-refractivity contribution < 1.29 is 13.2 Å². The molecule has 4 rings (SSSR count). The van der Waals surface area contributed by atoms with Gasteiger partial charge in [-0.15, -0.1) is 0 Å². The van der Waals surface area contributed by atoms with Crippen molar-refractivity contribution in [2.45, 2.75) is 6.18 Å². The van der Waals surface area contributed by atoms with Crippen molar-refractivity contribution in [3.8, 4) is 0 Å². The van der Waals surface area contributed by atoms with E-state index >= 15 is 0 Å². The summed E-state index contributed by atoms with van der Waals surface area (Å²) in [5.74, 6) is 1.19. The van der Waals surface area contributed by atoms with Crippen molar-refractivity contribution in [1.82, 2.24) is 15.0 Å². The lowest BCUT2D eigenvalue weighted by molar-refractivity contribution is -0.137. The molecule has 3 heterocycles. The Bertz CT molecular complexity index is 887. The summed E-state index contributed by atoms with van der Waals surface area (Å²) in [6.07, 6.45) is 5.41. The highest BCUT2D eigenvalue weighted by Gasteiger charge is 2.35. The average Bonchev–Trinajstić information content (AvgIpc) is 3.05. The third-order valence-electron chi connectivity index (χ3n) is 3.87. The maximum Gasteiger partial charge on any atom is 0.417 e. The predicted octanol–water partition coefficient (Wildman–Crippen LogP) is 3.39. The van der Waals surface area contributed by atoms with Gasteiger partial charge in [-0.3, -0.25) is 9.99 Å². The van der Waals surface area contributed by atoms with Gasteiger partial charge >= 0.3 is 6.18 Å². The van der Waals surface area contributed by atoms with Crippen LogP contribution < -0.4 is 5.01 Å². The number of allylic oxidation sites excluding steroid dienone is 1. The first-order valence-corrected chi connectivity index (χ1v) is 7.50. The molecule has 2 aromatic rings. The normalized spacial score (nSPS) is 16.6. The Kier molecular flexibility index (Phi) is 3.52. The zero-order valence-electron chi connectivity index (χ0n) is 12.9. The number of aliphatic imine (C=N–C) groups is 1. The number of anilines is 1. The molecule has 0 unspecified atom stereocenters. The highest BCUT2D eigenvalue weighted by Crippen LogP contribution is 2.34. The summed E-state index contributed by atoms with van der Waals surface area (Å²) in [6, 6.07) is 5.43. The first-order chi connectivity index (χ1) is 12.0. The van der Waals surface area contributed by atoms with Crippen LogP contribution in [0.4, 0.5) is 19.0 Å². The summed E-state index contributed by atoms with van der Waals surface area (Å²) in [6.45, 7) is 0.510. The molecule has 0 radical (unpaired) electrons. The lowest BCUT2D eigenvalue weighted by atomic mass is 10.0. The third-order valence-corrected chi connectivity index (χ3v) is 3.87. The number of halogens is 3. The van der Waals surface area contributed by atoms with Crippen molar-refractivity contribution in [1.29, 1.82) is 0 Å². The molecule has 0 amide bonds. The molecule has 1 aromatic carbocycles. The van der Waals surface area contributed by atoms with Crippen LogP contribution in [0.3, 0.4) is 0 Å². The zero-order valence-corrected chi connectivity index (χ0v) is 12.9. The Morgan fingerprint density at radius 2 is 1.92 bits per heavy atom. The Morgan fingerprint density at radius 3 is 2.68 bits per heavy atom. The van der Waals surface area contributed by atoms with E-state index in [1.165, 1.54) is 12.1 Å². The number of benzene rings is 1. The predicted molar refractivity (Wildman–Crippen MR) is 86.4 cm³/mol. The standard InChI is InChI=1S/C17H12F3N5/c18-17(19,20)13-4-2-1-3-12(13)14-5-9-24-15(23-14)6-10-25(24)16-11-21-7-8-22-16/h1-9,11H,10H2. The van der Waals surface area contributed by atoms with Crippen molar-refractivity contribution >= 4 is 11.5 Å². The Labute approximate surface area is 141 Å². The molecule has 0 bridgehead atoms. The van der Waals surface area contributed by atoms with Crippen molar-refractivity contribution in [3.63, 3.8) is 0 Å². The van der Waals surface area contributed by atoms with Gasteiger partial charge in [-0.1, -0.05) is 18.2 Å². The lowest BCUT2D eigenvalue weighted by Crippen LogP contribution is -2.35. The van der Waals surface area contributed by atoms with E-state index in [0.29, 0.717) is 18.2 Å². The molecule has 0 aliphatic carbocycles. The van der Waals surface area contributed by atoms with Gasteiger partial charge in [-0.2, -0.15) is 13.2 Å². The molecule has 0 saturated carbocycles. The van der Waals surface area contributed by atoms with Crippen LogP contribution in [0.25, 0.3) is 0 Å². The van der Waals surface area contributed by atoms with Gasteiger partial charge in [0.1, 0.15) is 5.82 Å². The second kappa shape index (κ2) is 5.73. The van der Waals surface area contributed by atoms with E-state index in [-0.39, 0.29) is 11.3 Å². The first-order valence-electron chi connectivity index (χ1n) is 7.50. The molecule has 0 N–H and O–H groups in total. The molecule has 0 atom stereocenters. The number of nitrogens with zero attached hydrogens (tertiary/aromatic N) is 5. The summed E-state index contributed by atoms with van der Waals surface area (Å²) in [7, 11) is 0. The van der Waals surface area contributed by atoms with Gasteiger partial charge in [0.25, 0.3) is 0 Å². The van der Waals surface area contributed by atoms with Gasteiger partial charge in [0.05, 0.1) is 24.0 Å². The van der Waals surface area contributed by atoms with Crippen LogP contribution in [0.15, 0.2) is 72.0 Å². The summed E-state index contributed by atoms with van der Waals surface area (Å²) in [4.78, 5) is 12.7. The van der Waals surface area contributed by atoms with Gasteiger partial charge in [0, 0.05) is 24.2 Å². The molecule has 0 spiro atoms. The minimum absolute atomic E-state index is 0.0600. The fourth-order valence-electron chi connectivity index (χ4n) is 2.76. The fourth-order valence-corrected chi connectivity index (χ4v) is 2.76. The quantitative estimate of drug-likeness (QED) is 0.838. The molecule has 8 heteroatoms. The Hall–Kier alpha value is -3.16. The fraction of sp³-hybridized carbons (Fsp3) is 0.118. The molecule has 0 fully saturated rings. The van der Waals surface area contributed by atoms with E-state index in [4.69, 9.17) is 0 Å². The van der Waals surface area contributed by atoms with Gasteiger partial charge in [0.15, 0.2) is 5.82 Å². The molecule has 0 saturated heterocycles. The van der Waals surface area contributed by atoms with Crippen LogP contribution in [0.5, 0.6) is 0 Å². The van der Waals surface area contributed by atoms with E-state index in [1.807, 2.05) is 11.1 Å². The number of hydrazine groups is 1. The van der Waals surface area contributed by atoms with Crippen molar-refractivity contribution in [3.05, 3.63) is 78.2 Å². The first kappa shape index (κ1) is 15.4. The Morgan fingerprint density at radius 1 is 1.08 bits per heavy atom. The number of alkyl halides is 3. The second-order valence-electron chi connectivity index (χ2n) is 5.41. The van der Waals surface area contributed by atoms with Crippen molar-refractivity contribution in [2.24, 2.45) is 4.99 Å². The van der Waals surface area contributed by atoms with Gasteiger partial charge < -0.3 is 0 Å². The van der Waals surface area contributed by atoms with Crippen LogP contribution in [-0.2, 0) is 6.18 Å².